The van der Waals surface area contributed by atoms with Gasteiger partial charge in [0.05, 0.1) is 11.6 Å². The largest absolute Gasteiger partial charge is 0.507 e. The van der Waals surface area contributed by atoms with Gasteiger partial charge in [0.25, 0.3) is 5.78 Å². The minimum Gasteiger partial charge on any atom is -0.507 e. The molecule has 0 aliphatic carbocycles. The van der Waals surface area contributed by atoms with Crippen LogP contribution in [0.1, 0.15) is 47.5 Å². The number of ketones is 1. The van der Waals surface area contributed by atoms with Crippen LogP contribution in [-0.2, 0) is 9.59 Å². The molecule has 1 aromatic heterocycles. The van der Waals surface area contributed by atoms with Gasteiger partial charge in [-0.25, -0.2) is 0 Å². The summed E-state index contributed by atoms with van der Waals surface area (Å²) in [6, 6.07) is 13.3. The molecule has 0 radical (unpaired) electrons. The van der Waals surface area contributed by atoms with E-state index >= 15 is 0 Å². The van der Waals surface area contributed by atoms with E-state index in [1.54, 1.807) is 31.2 Å². The topological polar surface area (TPSA) is 83.4 Å². The summed E-state index contributed by atoms with van der Waals surface area (Å²) in [5.74, 6) is -1.43. The van der Waals surface area contributed by atoms with Gasteiger partial charge in [-0.05, 0) is 48.2 Å². The van der Waals surface area contributed by atoms with Crippen molar-refractivity contribution in [3.05, 3.63) is 80.8 Å². The molecule has 0 unspecified atom stereocenters. The van der Waals surface area contributed by atoms with Gasteiger partial charge in [-0.1, -0.05) is 61.1 Å². The minimum atomic E-state index is -0.816. The van der Waals surface area contributed by atoms with Crippen molar-refractivity contribution in [1.29, 1.82) is 0 Å². The first-order chi connectivity index (χ1) is 14.8. The lowest BCUT2D eigenvalue weighted by atomic mass is 9.93. The van der Waals surface area contributed by atoms with Crippen LogP contribution in [0.5, 0.6) is 0 Å². The average molecular weight is 454 g/mol. The molecule has 31 heavy (non-hydrogen) atoms. The van der Waals surface area contributed by atoms with E-state index in [0.29, 0.717) is 32.2 Å². The molecule has 0 spiro atoms. The predicted molar refractivity (Wildman–Crippen MR) is 121 cm³/mol. The van der Waals surface area contributed by atoms with Crippen molar-refractivity contribution in [2.24, 2.45) is 0 Å². The van der Waals surface area contributed by atoms with E-state index in [1.807, 2.05) is 24.3 Å². The van der Waals surface area contributed by atoms with Gasteiger partial charge in [-0.15, -0.1) is 10.2 Å². The summed E-state index contributed by atoms with van der Waals surface area (Å²) in [6.07, 6.45) is 0. The highest BCUT2D eigenvalue weighted by molar-refractivity contribution is 7.15. The van der Waals surface area contributed by atoms with Gasteiger partial charge in [0.1, 0.15) is 10.8 Å². The molecule has 1 saturated heterocycles. The van der Waals surface area contributed by atoms with Gasteiger partial charge in [0.15, 0.2) is 0 Å². The summed E-state index contributed by atoms with van der Waals surface area (Å²) in [5.41, 5.74) is 2.24. The van der Waals surface area contributed by atoms with Crippen LogP contribution < -0.4 is 4.90 Å². The molecule has 1 aliphatic heterocycles. The Balaban J connectivity index is 1.91. The van der Waals surface area contributed by atoms with Crippen molar-refractivity contribution in [3.8, 4) is 0 Å². The number of Topliss-reactive ketones (excluding diaryl/α,β-unsaturated/α-hetero) is 1. The predicted octanol–water partition coefficient (Wildman–Crippen LogP) is 5.25. The number of anilines is 1. The maximum atomic E-state index is 13.1. The molecule has 1 atom stereocenters. The zero-order valence-corrected chi connectivity index (χ0v) is 18.7. The van der Waals surface area contributed by atoms with Crippen molar-refractivity contribution >= 4 is 45.5 Å². The lowest BCUT2D eigenvalue weighted by Crippen LogP contribution is -2.29. The molecule has 0 bridgehead atoms. The molecule has 6 nitrogen and oxygen atoms in total. The van der Waals surface area contributed by atoms with E-state index in [-0.39, 0.29) is 11.3 Å². The molecule has 2 heterocycles. The number of aliphatic hydroxyl groups is 1. The Morgan fingerprint density at radius 2 is 1.71 bits per heavy atom. The number of halogens is 1. The number of hydrogen-bond donors (Lipinski definition) is 1. The first-order valence-electron chi connectivity index (χ1n) is 9.75. The fourth-order valence-corrected chi connectivity index (χ4v) is 4.40. The third kappa shape index (κ3) is 3.86. The van der Waals surface area contributed by atoms with E-state index in [1.165, 1.54) is 16.2 Å². The third-order valence-electron chi connectivity index (χ3n) is 5.20. The molecule has 158 valence electrons. The SMILES string of the molecule is Cc1nnc(N2C(=O)C(=O)/C(=C(/O)c3ccc(Cl)cc3)[C@@H]2c2ccc(C(C)C)cc2)s1. The van der Waals surface area contributed by atoms with Crippen LogP contribution in [0.15, 0.2) is 54.1 Å². The first-order valence-corrected chi connectivity index (χ1v) is 10.9. The third-order valence-corrected chi connectivity index (χ3v) is 6.29. The number of rotatable bonds is 4. The van der Waals surface area contributed by atoms with Crippen molar-refractivity contribution in [1.82, 2.24) is 10.2 Å². The Bertz CT molecular complexity index is 1180. The number of aryl methyl sites for hydroxylation is 1. The summed E-state index contributed by atoms with van der Waals surface area (Å²) in [7, 11) is 0. The summed E-state index contributed by atoms with van der Waals surface area (Å²) in [6.45, 7) is 5.95. The highest BCUT2D eigenvalue weighted by atomic mass is 35.5. The Labute approximate surface area is 188 Å². The normalized spacial score (nSPS) is 18.2. The lowest BCUT2D eigenvalue weighted by Gasteiger charge is -2.23. The van der Waals surface area contributed by atoms with Gasteiger partial charge in [0, 0.05) is 10.6 Å². The minimum absolute atomic E-state index is 0.0115. The van der Waals surface area contributed by atoms with Crippen LogP contribution in [0.4, 0.5) is 5.13 Å². The number of carbonyl (C=O) groups excluding carboxylic acids is 2. The molecule has 1 aliphatic rings. The van der Waals surface area contributed by atoms with Gasteiger partial charge in [-0.2, -0.15) is 0 Å². The maximum Gasteiger partial charge on any atom is 0.301 e. The molecule has 8 heteroatoms. The zero-order valence-electron chi connectivity index (χ0n) is 17.2. The van der Waals surface area contributed by atoms with Crippen LogP contribution in [0.2, 0.25) is 5.02 Å². The van der Waals surface area contributed by atoms with Crippen molar-refractivity contribution in [2.75, 3.05) is 4.90 Å². The van der Waals surface area contributed by atoms with Crippen LogP contribution >= 0.6 is 22.9 Å². The van der Waals surface area contributed by atoms with Crippen molar-refractivity contribution in [2.45, 2.75) is 32.7 Å². The zero-order chi connectivity index (χ0) is 22.3. The van der Waals surface area contributed by atoms with Gasteiger partial charge in [-0.3, -0.25) is 14.5 Å². The van der Waals surface area contributed by atoms with Crippen LogP contribution in [-0.4, -0.2) is 27.0 Å². The number of aromatic nitrogens is 2. The lowest BCUT2D eigenvalue weighted by molar-refractivity contribution is -0.132. The molecule has 1 N–H and O–H groups in total. The van der Waals surface area contributed by atoms with E-state index in [9.17, 15) is 14.7 Å². The highest BCUT2D eigenvalue weighted by Gasteiger charge is 2.48. The molecule has 3 aromatic rings. The molecule has 2 aromatic carbocycles. The van der Waals surface area contributed by atoms with Crippen LogP contribution in [0, 0.1) is 6.92 Å². The highest BCUT2D eigenvalue weighted by Crippen LogP contribution is 2.43. The molecule has 1 fully saturated rings. The van der Waals surface area contributed by atoms with E-state index in [0.717, 1.165) is 5.56 Å². The smallest absolute Gasteiger partial charge is 0.301 e. The number of benzene rings is 2. The second-order valence-corrected chi connectivity index (χ2v) is 9.20. The molecule has 0 saturated carbocycles. The summed E-state index contributed by atoms with van der Waals surface area (Å²) in [5, 5.41) is 20.6. The summed E-state index contributed by atoms with van der Waals surface area (Å²) >= 11 is 7.18. The maximum absolute atomic E-state index is 13.1. The van der Waals surface area contributed by atoms with Gasteiger partial charge >= 0.3 is 5.91 Å². The number of carbonyl (C=O) groups is 2. The summed E-state index contributed by atoms with van der Waals surface area (Å²) < 4.78 is 0. The quantitative estimate of drug-likeness (QED) is 0.331. The standard InChI is InChI=1S/C23H20ClN3O3S/c1-12(2)14-4-6-15(7-5-14)19-18(20(28)16-8-10-17(24)11-9-16)21(29)22(30)27(19)23-26-25-13(3)31-23/h4-12,19,28H,1-3H3/b20-18+/t19-/m0/s1. The van der Waals surface area contributed by atoms with E-state index in [4.69, 9.17) is 11.6 Å². The Hall–Kier alpha value is -3.03. The number of nitrogens with zero attached hydrogens (tertiary/aromatic N) is 3. The van der Waals surface area contributed by atoms with Gasteiger partial charge in [0.2, 0.25) is 5.13 Å². The second kappa shape index (κ2) is 8.24. The van der Waals surface area contributed by atoms with E-state index in [2.05, 4.69) is 24.0 Å². The Morgan fingerprint density at radius 3 is 2.26 bits per heavy atom. The summed E-state index contributed by atoms with van der Waals surface area (Å²) in [4.78, 5) is 27.4. The Morgan fingerprint density at radius 1 is 1.06 bits per heavy atom. The Kier molecular flexibility index (Phi) is 5.64. The molecule has 4 rings (SSSR count). The monoisotopic (exact) mass is 453 g/mol. The molecule has 1 amide bonds. The number of hydrogen-bond acceptors (Lipinski definition) is 6. The first kappa shape index (κ1) is 21.2. The molecular weight excluding hydrogens is 434 g/mol. The number of amides is 1. The average Bonchev–Trinajstić information content (AvgIpc) is 3.29. The fraction of sp³-hybridized carbons (Fsp3) is 0.217. The van der Waals surface area contributed by atoms with Crippen LogP contribution in [0.25, 0.3) is 5.76 Å². The molecular formula is C23H20ClN3O3S. The van der Waals surface area contributed by atoms with E-state index < -0.39 is 17.7 Å². The van der Waals surface area contributed by atoms with Crippen molar-refractivity contribution in [3.63, 3.8) is 0 Å². The van der Waals surface area contributed by atoms with Crippen molar-refractivity contribution < 1.29 is 14.7 Å². The number of aliphatic hydroxyl groups excluding tert-OH is 1. The van der Waals surface area contributed by atoms with Crippen LogP contribution in [0.3, 0.4) is 0 Å². The second-order valence-electron chi connectivity index (χ2n) is 7.60. The van der Waals surface area contributed by atoms with Gasteiger partial charge < -0.3 is 5.11 Å². The fourth-order valence-electron chi connectivity index (χ4n) is 3.56.